The standard InChI is InChI=1S/Al.Ca.Cr.H3O4P.5H/c;;;1-5(2,3)4;;;;;/h;;;(H3,1,2,3,4);;;;;. The Morgan fingerprint density at radius 1 is 1.12 bits per heavy atom. The van der Waals surface area contributed by atoms with E-state index in [4.69, 9.17) is 19.2 Å². The molecule has 48 valence electrons. The van der Waals surface area contributed by atoms with Crippen molar-refractivity contribution in [2.45, 2.75) is 0 Å². The minimum Gasteiger partial charge on any atom is 0 e. The van der Waals surface area contributed by atoms with Gasteiger partial charge >= 0.3 is 45.6 Å². The van der Waals surface area contributed by atoms with Crippen LogP contribution in [0.3, 0.4) is 0 Å². The van der Waals surface area contributed by atoms with E-state index in [2.05, 4.69) is 0 Å². The molecule has 0 radical (unpaired) electrons. The summed E-state index contributed by atoms with van der Waals surface area (Å²) in [6, 6.07) is 0. The van der Waals surface area contributed by atoms with Crippen molar-refractivity contribution in [1.82, 2.24) is 0 Å². The fraction of sp³-hybridized carbons (Fsp3) is 0. The summed E-state index contributed by atoms with van der Waals surface area (Å²) in [4.78, 5) is 21.6. The molecule has 0 amide bonds. The zero-order valence-electron chi connectivity index (χ0n) is 2.61. The molecule has 3 N–H and O–H groups in total. The predicted octanol–water partition coefficient (Wildman–Crippen LogP) is -3.03. The second-order valence-corrected chi connectivity index (χ2v) is 1.54. The summed E-state index contributed by atoms with van der Waals surface area (Å²) in [5.41, 5.74) is 0. The van der Waals surface area contributed by atoms with Gasteiger partial charge in [-0.25, -0.2) is 4.57 Å². The first-order valence-electron chi connectivity index (χ1n) is 0.783. The Morgan fingerprint density at radius 3 is 1.12 bits per heavy atom. The van der Waals surface area contributed by atoms with Gasteiger partial charge in [-0.1, -0.05) is 0 Å². The van der Waals surface area contributed by atoms with Crippen molar-refractivity contribution in [3.05, 3.63) is 0 Å². The smallest absolute Gasteiger partial charge is 0 e. The molecular weight excluding hydrogens is 214 g/mol. The van der Waals surface area contributed by atoms with Gasteiger partial charge in [0, 0.05) is 17.4 Å². The molecule has 0 aliphatic carbocycles. The van der Waals surface area contributed by atoms with Crippen LogP contribution in [-0.4, -0.2) is 69.8 Å². The minimum absolute atomic E-state index is 0. The fourth-order valence-electron chi connectivity index (χ4n) is 0. The molecule has 0 aromatic heterocycles. The second-order valence-electron chi connectivity index (χ2n) is 0.513. The van der Waals surface area contributed by atoms with Gasteiger partial charge in [0.2, 0.25) is 0 Å². The van der Waals surface area contributed by atoms with E-state index < -0.39 is 7.82 Å². The third-order valence-electron chi connectivity index (χ3n) is 0. The van der Waals surface area contributed by atoms with Gasteiger partial charge in [-0.2, -0.15) is 0 Å². The maximum absolute atomic E-state index is 8.88. The van der Waals surface area contributed by atoms with Crippen molar-refractivity contribution in [2.24, 2.45) is 0 Å². The zero-order valence-corrected chi connectivity index (χ0v) is 4.77. The summed E-state index contributed by atoms with van der Waals surface area (Å²) in [5.74, 6) is 0. The van der Waals surface area contributed by atoms with Crippen LogP contribution in [0.4, 0.5) is 0 Å². The molecule has 0 atom stereocenters. The topological polar surface area (TPSA) is 77.8 Å². The van der Waals surface area contributed by atoms with E-state index in [0.29, 0.717) is 0 Å². The Balaban J connectivity index is -0.0000000267. The van der Waals surface area contributed by atoms with Crippen LogP contribution in [0.15, 0.2) is 0 Å². The molecule has 0 aliphatic heterocycles. The molecule has 0 saturated heterocycles. The molecule has 8 heteroatoms. The molecule has 0 aromatic carbocycles. The van der Waals surface area contributed by atoms with Gasteiger partial charge in [0.25, 0.3) is 0 Å². The average molecular weight is 222 g/mol. The van der Waals surface area contributed by atoms with Crippen molar-refractivity contribution in [2.75, 3.05) is 0 Å². The van der Waals surface area contributed by atoms with Crippen LogP contribution in [0.5, 0.6) is 0 Å². The molecule has 0 fully saturated rings. The molecule has 0 saturated carbocycles. The molecule has 0 rings (SSSR count). The quantitative estimate of drug-likeness (QED) is 0.301. The number of rotatable bonds is 0. The van der Waals surface area contributed by atoms with Crippen molar-refractivity contribution in [1.29, 1.82) is 0 Å². The monoisotopic (exact) mass is 222 g/mol. The predicted molar refractivity (Wildman–Crippen MR) is 32.7 cm³/mol. The van der Waals surface area contributed by atoms with Crippen LogP contribution in [0.25, 0.3) is 0 Å². The van der Waals surface area contributed by atoms with E-state index >= 15 is 0 Å². The van der Waals surface area contributed by atoms with Crippen LogP contribution in [-0.2, 0) is 21.9 Å². The molecule has 0 heterocycles. The molecular formula is H8AlCaCrO4P. The summed E-state index contributed by atoms with van der Waals surface area (Å²) in [5, 5.41) is 0. The van der Waals surface area contributed by atoms with E-state index in [1.807, 2.05) is 0 Å². The van der Waals surface area contributed by atoms with E-state index in [1.54, 1.807) is 0 Å². The van der Waals surface area contributed by atoms with Crippen molar-refractivity contribution in [3.8, 4) is 0 Å². The van der Waals surface area contributed by atoms with Crippen LogP contribution in [0.2, 0.25) is 0 Å². The first kappa shape index (κ1) is 22.4. The van der Waals surface area contributed by atoms with Gasteiger partial charge in [-0.3, -0.25) is 0 Å². The van der Waals surface area contributed by atoms with Crippen LogP contribution >= 0.6 is 7.82 Å². The van der Waals surface area contributed by atoms with Crippen LogP contribution in [0.1, 0.15) is 0 Å². The van der Waals surface area contributed by atoms with Gasteiger partial charge in [0.1, 0.15) is 0 Å². The third kappa shape index (κ3) is 78.7. The van der Waals surface area contributed by atoms with E-state index in [9.17, 15) is 0 Å². The fourth-order valence-corrected chi connectivity index (χ4v) is 0. The molecule has 0 unspecified atom stereocenters. The summed E-state index contributed by atoms with van der Waals surface area (Å²) in [6.45, 7) is 0. The first-order chi connectivity index (χ1) is 2.00. The van der Waals surface area contributed by atoms with Crippen molar-refractivity contribution < 1.29 is 36.6 Å². The van der Waals surface area contributed by atoms with Gasteiger partial charge in [0.05, 0.1) is 0 Å². The average Bonchev–Trinajstić information content (AvgIpc) is 0.722. The Bertz CT molecular complexity index is 62.2. The molecule has 8 heavy (non-hydrogen) atoms. The van der Waals surface area contributed by atoms with Gasteiger partial charge in [-0.05, 0) is 0 Å². The Labute approximate surface area is 98.2 Å². The minimum atomic E-state index is -4.64. The van der Waals surface area contributed by atoms with Crippen LogP contribution < -0.4 is 0 Å². The summed E-state index contributed by atoms with van der Waals surface area (Å²) in [7, 11) is -4.64. The Morgan fingerprint density at radius 2 is 1.12 bits per heavy atom. The van der Waals surface area contributed by atoms with E-state index in [0.717, 1.165) is 0 Å². The van der Waals surface area contributed by atoms with E-state index in [1.165, 1.54) is 0 Å². The van der Waals surface area contributed by atoms with E-state index in [-0.39, 0.29) is 72.5 Å². The zero-order chi connectivity index (χ0) is 4.50. The molecule has 0 aromatic rings. The second kappa shape index (κ2) is 9.43. The maximum atomic E-state index is 8.88. The molecule has 0 spiro atoms. The van der Waals surface area contributed by atoms with Crippen molar-refractivity contribution >= 4 is 62.9 Å². The number of phosphoric acid groups is 1. The Kier molecular flexibility index (Phi) is 26.5. The number of hydrogen-bond donors (Lipinski definition) is 3. The van der Waals surface area contributed by atoms with Crippen molar-refractivity contribution in [3.63, 3.8) is 0 Å². The largest absolute Gasteiger partial charge is 0 e. The summed E-state index contributed by atoms with van der Waals surface area (Å²) < 4.78 is 8.88. The first-order valence-corrected chi connectivity index (χ1v) is 2.35. The number of hydrogen-bond acceptors (Lipinski definition) is 1. The summed E-state index contributed by atoms with van der Waals surface area (Å²) in [6.07, 6.45) is 0. The Hall–Kier alpha value is 2.43. The van der Waals surface area contributed by atoms with Gasteiger partial charge < -0.3 is 14.7 Å². The maximum Gasteiger partial charge on any atom is 0 e. The normalized spacial score (nSPS) is 7.38. The molecule has 4 nitrogen and oxygen atoms in total. The third-order valence-corrected chi connectivity index (χ3v) is 0. The van der Waals surface area contributed by atoms with Gasteiger partial charge in [-0.15, -0.1) is 0 Å². The molecule has 0 aliphatic rings. The van der Waals surface area contributed by atoms with Gasteiger partial charge in [0.15, 0.2) is 17.4 Å². The molecule has 0 bridgehead atoms. The van der Waals surface area contributed by atoms with Crippen LogP contribution in [0, 0.1) is 0 Å². The SMILES string of the molecule is O=P(O)(O)O.[AlH3].[CaH2].[Cr]. The summed E-state index contributed by atoms with van der Waals surface area (Å²) >= 11 is 0.